The lowest BCUT2D eigenvalue weighted by Crippen LogP contribution is -2.36. The number of aromatic nitrogens is 1. The van der Waals surface area contributed by atoms with E-state index in [-0.39, 0.29) is 4.90 Å². The van der Waals surface area contributed by atoms with Gasteiger partial charge >= 0.3 is 0 Å². The van der Waals surface area contributed by atoms with Gasteiger partial charge in [-0.3, -0.25) is 4.99 Å². The van der Waals surface area contributed by atoms with Gasteiger partial charge in [0.1, 0.15) is 5.01 Å². The first-order chi connectivity index (χ1) is 11.9. The van der Waals surface area contributed by atoms with Crippen LogP contribution in [-0.4, -0.2) is 33.5 Å². The van der Waals surface area contributed by atoms with Gasteiger partial charge in [-0.25, -0.2) is 18.1 Å². The summed E-state index contributed by atoms with van der Waals surface area (Å²) in [6, 6.07) is 6.72. The van der Waals surface area contributed by atoms with Crippen molar-refractivity contribution < 1.29 is 8.42 Å². The summed E-state index contributed by atoms with van der Waals surface area (Å²) in [6.07, 6.45) is 0. The lowest BCUT2D eigenvalue weighted by atomic mass is 10.2. The molecular weight excluding hydrogens is 358 g/mol. The first kappa shape index (κ1) is 19.4. The third kappa shape index (κ3) is 5.25. The van der Waals surface area contributed by atoms with Crippen molar-refractivity contribution in [2.45, 2.75) is 31.8 Å². The molecule has 0 amide bonds. The van der Waals surface area contributed by atoms with Crippen molar-refractivity contribution in [1.29, 1.82) is 0 Å². The second-order valence-electron chi connectivity index (χ2n) is 5.38. The molecule has 0 fully saturated rings. The minimum Gasteiger partial charge on any atom is -0.352 e. The molecule has 0 atom stereocenters. The fourth-order valence-electron chi connectivity index (χ4n) is 2.08. The Morgan fingerprint density at radius 2 is 1.80 bits per heavy atom. The average Bonchev–Trinajstić information content (AvgIpc) is 2.93. The maximum atomic E-state index is 11.7. The highest BCUT2D eigenvalue weighted by atomic mass is 32.2. The predicted molar refractivity (Wildman–Crippen MR) is 101 cm³/mol. The zero-order chi connectivity index (χ0) is 18.4. The molecular formula is C16H23N5O2S2. The molecule has 0 aliphatic carbocycles. The highest BCUT2D eigenvalue weighted by molar-refractivity contribution is 7.89. The van der Waals surface area contributed by atoms with Crippen molar-refractivity contribution in [3.8, 4) is 0 Å². The summed E-state index contributed by atoms with van der Waals surface area (Å²) in [7, 11) is -0.305. The van der Waals surface area contributed by atoms with Gasteiger partial charge < -0.3 is 10.6 Å². The average molecular weight is 382 g/mol. The Morgan fingerprint density at radius 3 is 2.32 bits per heavy atom. The molecule has 2 aromatic rings. The topological polar surface area (TPSA) is 95.5 Å². The highest BCUT2D eigenvalue weighted by Crippen LogP contribution is 2.15. The van der Waals surface area contributed by atoms with Crippen LogP contribution in [0.2, 0.25) is 0 Å². The van der Waals surface area contributed by atoms with Gasteiger partial charge in [0.2, 0.25) is 10.0 Å². The number of sulfonamides is 1. The van der Waals surface area contributed by atoms with Crippen molar-refractivity contribution in [3.05, 3.63) is 45.4 Å². The molecule has 1 heterocycles. The summed E-state index contributed by atoms with van der Waals surface area (Å²) in [5.41, 5.74) is 2.01. The lowest BCUT2D eigenvalue weighted by molar-refractivity contribution is 0.588. The fourth-order valence-corrected chi connectivity index (χ4v) is 3.69. The fraction of sp³-hybridized carbons (Fsp3) is 0.375. The van der Waals surface area contributed by atoms with Gasteiger partial charge in [0.05, 0.1) is 17.1 Å². The summed E-state index contributed by atoms with van der Waals surface area (Å²) in [5.74, 6) is 0.664. The molecule has 0 aliphatic rings. The summed E-state index contributed by atoms with van der Waals surface area (Å²) >= 11 is 1.67. The van der Waals surface area contributed by atoms with E-state index in [1.54, 1.807) is 42.6 Å². The Balaban J connectivity index is 1.90. The molecule has 1 aromatic carbocycles. The number of hydrogen-bond acceptors (Lipinski definition) is 5. The number of rotatable bonds is 6. The second kappa shape index (κ2) is 8.41. The van der Waals surface area contributed by atoms with E-state index in [4.69, 9.17) is 0 Å². The predicted octanol–water partition coefficient (Wildman–Crippen LogP) is 1.53. The second-order valence-corrected chi connectivity index (χ2v) is 8.55. The van der Waals surface area contributed by atoms with Gasteiger partial charge in [-0.15, -0.1) is 11.3 Å². The van der Waals surface area contributed by atoms with E-state index in [9.17, 15) is 8.42 Å². The van der Waals surface area contributed by atoms with E-state index in [1.807, 2.05) is 6.92 Å². The number of thiazole rings is 1. The molecule has 1 aromatic heterocycles. The minimum absolute atomic E-state index is 0.246. The lowest BCUT2D eigenvalue weighted by Gasteiger charge is -2.11. The largest absolute Gasteiger partial charge is 0.352 e. The number of aliphatic imine (C=N–C) groups is 1. The Hall–Kier alpha value is -1.97. The monoisotopic (exact) mass is 381 g/mol. The number of nitrogens with zero attached hydrogens (tertiary/aromatic N) is 2. The first-order valence-corrected chi connectivity index (χ1v) is 10.1. The van der Waals surface area contributed by atoms with E-state index in [1.165, 1.54) is 11.9 Å². The molecule has 0 unspecified atom stereocenters. The number of aryl methyl sites for hydroxylation is 2. The molecule has 0 bridgehead atoms. The van der Waals surface area contributed by atoms with Crippen molar-refractivity contribution in [2.75, 3.05) is 14.1 Å². The van der Waals surface area contributed by atoms with Crippen LogP contribution in [0.1, 0.15) is 21.1 Å². The summed E-state index contributed by atoms with van der Waals surface area (Å²) in [4.78, 5) is 10.1. The zero-order valence-corrected chi connectivity index (χ0v) is 16.4. The minimum atomic E-state index is -3.40. The molecule has 2 rings (SSSR count). The van der Waals surface area contributed by atoms with Crippen LogP contribution in [0.4, 0.5) is 0 Å². The Morgan fingerprint density at radius 1 is 1.16 bits per heavy atom. The van der Waals surface area contributed by atoms with Crippen LogP contribution in [0.25, 0.3) is 0 Å². The summed E-state index contributed by atoms with van der Waals surface area (Å²) in [6.45, 7) is 5.20. The van der Waals surface area contributed by atoms with Crippen LogP contribution < -0.4 is 15.4 Å². The van der Waals surface area contributed by atoms with Crippen LogP contribution in [0.5, 0.6) is 0 Å². The Labute approximate surface area is 152 Å². The van der Waals surface area contributed by atoms with Gasteiger partial charge in [0, 0.05) is 18.5 Å². The molecule has 136 valence electrons. The van der Waals surface area contributed by atoms with E-state index < -0.39 is 10.0 Å². The van der Waals surface area contributed by atoms with Crippen molar-refractivity contribution >= 4 is 27.3 Å². The number of nitrogens with one attached hydrogen (secondary N) is 3. The van der Waals surface area contributed by atoms with Crippen molar-refractivity contribution in [3.63, 3.8) is 0 Å². The van der Waals surface area contributed by atoms with E-state index in [2.05, 4.69) is 32.3 Å². The summed E-state index contributed by atoms with van der Waals surface area (Å²) < 4.78 is 25.7. The van der Waals surface area contributed by atoms with Gasteiger partial charge in [-0.1, -0.05) is 12.1 Å². The van der Waals surface area contributed by atoms with E-state index in [0.29, 0.717) is 19.0 Å². The molecule has 0 aliphatic heterocycles. The smallest absolute Gasteiger partial charge is 0.240 e. The van der Waals surface area contributed by atoms with Crippen LogP contribution in [0, 0.1) is 13.8 Å². The Kier molecular flexibility index (Phi) is 6.51. The van der Waals surface area contributed by atoms with Crippen molar-refractivity contribution in [2.24, 2.45) is 4.99 Å². The molecule has 0 radical (unpaired) electrons. The molecule has 9 heteroatoms. The van der Waals surface area contributed by atoms with E-state index >= 15 is 0 Å². The SMILES string of the molecule is CN=C(NCc1ccc(S(=O)(=O)NC)cc1)NCc1nc(C)c(C)s1. The maximum absolute atomic E-state index is 11.7. The zero-order valence-electron chi connectivity index (χ0n) is 14.8. The van der Waals surface area contributed by atoms with Crippen LogP contribution in [0.3, 0.4) is 0 Å². The molecule has 3 N–H and O–H groups in total. The molecule has 0 saturated heterocycles. The third-order valence-corrected chi connectivity index (χ3v) is 6.17. The van der Waals surface area contributed by atoms with Crippen LogP contribution >= 0.6 is 11.3 Å². The quantitative estimate of drug-likeness (QED) is 0.521. The molecule has 7 nitrogen and oxygen atoms in total. The third-order valence-electron chi connectivity index (χ3n) is 3.67. The van der Waals surface area contributed by atoms with Gasteiger partial charge in [-0.2, -0.15) is 0 Å². The van der Waals surface area contributed by atoms with Gasteiger partial charge in [-0.05, 0) is 38.6 Å². The highest BCUT2D eigenvalue weighted by Gasteiger charge is 2.10. The Bertz CT molecular complexity index is 822. The molecule has 0 saturated carbocycles. The summed E-state index contributed by atoms with van der Waals surface area (Å²) in [5, 5.41) is 7.44. The maximum Gasteiger partial charge on any atom is 0.240 e. The molecule has 0 spiro atoms. The van der Waals surface area contributed by atoms with Crippen molar-refractivity contribution in [1.82, 2.24) is 20.3 Å². The molecule has 25 heavy (non-hydrogen) atoms. The van der Waals surface area contributed by atoms with Gasteiger partial charge in [0.15, 0.2) is 5.96 Å². The number of benzene rings is 1. The van der Waals surface area contributed by atoms with Gasteiger partial charge in [0.25, 0.3) is 0 Å². The normalized spacial score (nSPS) is 12.2. The van der Waals surface area contributed by atoms with Crippen LogP contribution in [-0.2, 0) is 23.1 Å². The van der Waals surface area contributed by atoms with E-state index in [0.717, 1.165) is 16.3 Å². The number of hydrogen-bond donors (Lipinski definition) is 3. The number of guanidine groups is 1. The standard InChI is InChI=1S/C16H23N5O2S2/c1-11-12(2)24-15(21-11)10-20-16(17-3)19-9-13-5-7-14(8-6-13)25(22,23)18-4/h5-8,18H,9-10H2,1-4H3,(H2,17,19,20). The van der Waals surface area contributed by atoms with Crippen LogP contribution in [0.15, 0.2) is 34.2 Å². The first-order valence-electron chi connectivity index (χ1n) is 7.75.